The maximum absolute atomic E-state index is 5.66. The van der Waals surface area contributed by atoms with E-state index in [1.165, 1.54) is 0 Å². The highest BCUT2D eigenvalue weighted by Gasteiger charge is 2.05. The summed E-state index contributed by atoms with van der Waals surface area (Å²) >= 11 is 0. The minimum atomic E-state index is 0.161. The molecule has 0 amide bonds. The van der Waals surface area contributed by atoms with Gasteiger partial charge in [-0.1, -0.05) is 12.1 Å². The van der Waals surface area contributed by atoms with E-state index >= 15 is 0 Å². The van der Waals surface area contributed by atoms with Crippen LogP contribution in [0.1, 0.15) is 26.7 Å². The van der Waals surface area contributed by atoms with Crippen LogP contribution in [0.25, 0.3) is 0 Å². The second-order valence-electron chi connectivity index (χ2n) is 3.96. The summed E-state index contributed by atoms with van der Waals surface area (Å²) in [5, 5.41) is 0. The Morgan fingerprint density at radius 3 is 2.44 bits per heavy atom. The van der Waals surface area contributed by atoms with Crippen molar-refractivity contribution in [2.75, 3.05) is 13.2 Å². The molecule has 1 aromatic carbocycles. The molecule has 90 valence electrons. The molecule has 2 N–H and O–H groups in total. The Morgan fingerprint density at radius 2 is 1.81 bits per heavy atom. The first-order chi connectivity index (χ1) is 7.74. The van der Waals surface area contributed by atoms with Gasteiger partial charge in [-0.05, 0) is 45.4 Å². The van der Waals surface area contributed by atoms with Crippen LogP contribution in [0, 0.1) is 0 Å². The molecule has 1 rings (SSSR count). The van der Waals surface area contributed by atoms with Crippen molar-refractivity contribution >= 4 is 0 Å². The van der Waals surface area contributed by atoms with E-state index in [-0.39, 0.29) is 6.10 Å². The number of hydrogen-bond donors (Lipinski definition) is 1. The Bertz CT molecular complexity index is 300. The minimum Gasteiger partial charge on any atom is -0.490 e. The fourth-order valence-electron chi connectivity index (χ4n) is 1.35. The molecular formula is C13H21NO2. The van der Waals surface area contributed by atoms with Crippen LogP contribution in [-0.4, -0.2) is 19.3 Å². The van der Waals surface area contributed by atoms with Gasteiger partial charge in [0.2, 0.25) is 0 Å². The average molecular weight is 223 g/mol. The maximum Gasteiger partial charge on any atom is 0.161 e. The number of ether oxygens (including phenoxy) is 2. The monoisotopic (exact) mass is 223 g/mol. The number of rotatable bonds is 7. The zero-order valence-corrected chi connectivity index (χ0v) is 10.1. The third kappa shape index (κ3) is 4.53. The van der Waals surface area contributed by atoms with E-state index in [4.69, 9.17) is 15.2 Å². The lowest BCUT2D eigenvalue weighted by molar-refractivity contribution is 0.220. The van der Waals surface area contributed by atoms with Crippen LogP contribution in [-0.2, 0) is 0 Å². The minimum absolute atomic E-state index is 0.161. The van der Waals surface area contributed by atoms with Crippen molar-refractivity contribution in [1.82, 2.24) is 0 Å². The SMILES string of the molecule is CC(C)Oc1ccccc1OCCCCN. The summed E-state index contributed by atoms with van der Waals surface area (Å²) in [6.45, 7) is 5.42. The molecule has 0 bridgehead atoms. The molecule has 0 saturated carbocycles. The molecule has 0 fully saturated rings. The van der Waals surface area contributed by atoms with E-state index in [2.05, 4.69) is 0 Å². The molecule has 1 aromatic rings. The molecule has 0 aliphatic carbocycles. The van der Waals surface area contributed by atoms with Gasteiger partial charge in [0.15, 0.2) is 11.5 Å². The highest BCUT2D eigenvalue weighted by molar-refractivity contribution is 5.39. The predicted octanol–water partition coefficient (Wildman–Crippen LogP) is 2.59. The van der Waals surface area contributed by atoms with Gasteiger partial charge in [-0.25, -0.2) is 0 Å². The topological polar surface area (TPSA) is 44.5 Å². The van der Waals surface area contributed by atoms with Gasteiger partial charge in [0, 0.05) is 0 Å². The second-order valence-corrected chi connectivity index (χ2v) is 3.96. The van der Waals surface area contributed by atoms with Gasteiger partial charge in [0.25, 0.3) is 0 Å². The molecule has 0 heterocycles. The van der Waals surface area contributed by atoms with Crippen molar-refractivity contribution in [3.8, 4) is 11.5 Å². The number of hydrogen-bond acceptors (Lipinski definition) is 3. The fourth-order valence-corrected chi connectivity index (χ4v) is 1.35. The largest absolute Gasteiger partial charge is 0.490 e. The Kier molecular flexibility index (Phi) is 5.72. The lowest BCUT2D eigenvalue weighted by Gasteiger charge is -2.14. The van der Waals surface area contributed by atoms with Gasteiger partial charge in [-0.2, -0.15) is 0 Å². The first-order valence-electron chi connectivity index (χ1n) is 5.82. The van der Waals surface area contributed by atoms with Crippen molar-refractivity contribution in [3.63, 3.8) is 0 Å². The summed E-state index contributed by atoms with van der Waals surface area (Å²) in [7, 11) is 0. The van der Waals surface area contributed by atoms with Crippen molar-refractivity contribution in [2.24, 2.45) is 5.73 Å². The van der Waals surface area contributed by atoms with Crippen LogP contribution in [0.4, 0.5) is 0 Å². The average Bonchev–Trinajstić information content (AvgIpc) is 2.26. The van der Waals surface area contributed by atoms with Gasteiger partial charge in [0.1, 0.15) is 0 Å². The van der Waals surface area contributed by atoms with Crippen molar-refractivity contribution in [1.29, 1.82) is 0 Å². The molecule has 0 saturated heterocycles. The van der Waals surface area contributed by atoms with E-state index in [1.807, 2.05) is 38.1 Å². The Morgan fingerprint density at radius 1 is 1.12 bits per heavy atom. The number of unbranched alkanes of at least 4 members (excludes halogenated alkanes) is 1. The highest BCUT2D eigenvalue weighted by Crippen LogP contribution is 2.27. The molecule has 0 unspecified atom stereocenters. The second kappa shape index (κ2) is 7.12. The van der Waals surface area contributed by atoms with Crippen LogP contribution < -0.4 is 15.2 Å². The van der Waals surface area contributed by atoms with Crippen molar-refractivity contribution in [3.05, 3.63) is 24.3 Å². The summed E-state index contributed by atoms with van der Waals surface area (Å²) in [6.07, 6.45) is 2.13. The molecule has 16 heavy (non-hydrogen) atoms. The molecule has 0 aliphatic rings. The van der Waals surface area contributed by atoms with E-state index in [0.29, 0.717) is 13.2 Å². The fraction of sp³-hybridized carbons (Fsp3) is 0.538. The number of benzene rings is 1. The van der Waals surface area contributed by atoms with E-state index in [9.17, 15) is 0 Å². The van der Waals surface area contributed by atoms with E-state index in [0.717, 1.165) is 24.3 Å². The molecule has 3 heteroatoms. The lowest BCUT2D eigenvalue weighted by atomic mass is 10.3. The Balaban J connectivity index is 2.50. The highest BCUT2D eigenvalue weighted by atomic mass is 16.5. The summed E-state index contributed by atoms with van der Waals surface area (Å²) in [4.78, 5) is 0. The van der Waals surface area contributed by atoms with Crippen molar-refractivity contribution < 1.29 is 9.47 Å². The number of nitrogens with two attached hydrogens (primary N) is 1. The van der Waals surface area contributed by atoms with E-state index < -0.39 is 0 Å². The quantitative estimate of drug-likeness (QED) is 0.723. The smallest absolute Gasteiger partial charge is 0.161 e. The maximum atomic E-state index is 5.66. The third-order valence-electron chi connectivity index (χ3n) is 2.07. The zero-order valence-electron chi connectivity index (χ0n) is 10.1. The first kappa shape index (κ1) is 12.8. The molecule has 0 aliphatic heterocycles. The van der Waals surface area contributed by atoms with Gasteiger partial charge in [0.05, 0.1) is 12.7 Å². The van der Waals surface area contributed by atoms with Crippen LogP contribution in [0.2, 0.25) is 0 Å². The van der Waals surface area contributed by atoms with Gasteiger partial charge < -0.3 is 15.2 Å². The van der Waals surface area contributed by atoms with Gasteiger partial charge >= 0.3 is 0 Å². The summed E-state index contributed by atoms with van der Waals surface area (Å²) < 4.78 is 11.3. The van der Waals surface area contributed by atoms with Crippen LogP contribution in [0.15, 0.2) is 24.3 Å². The van der Waals surface area contributed by atoms with Crippen LogP contribution in [0.3, 0.4) is 0 Å². The van der Waals surface area contributed by atoms with Gasteiger partial charge in [-0.3, -0.25) is 0 Å². The molecule has 0 aromatic heterocycles. The van der Waals surface area contributed by atoms with Crippen LogP contribution in [0.5, 0.6) is 11.5 Å². The molecule has 3 nitrogen and oxygen atoms in total. The molecule has 0 spiro atoms. The molecule has 0 radical (unpaired) electrons. The van der Waals surface area contributed by atoms with Crippen LogP contribution >= 0.6 is 0 Å². The summed E-state index contributed by atoms with van der Waals surface area (Å²) in [6, 6.07) is 7.76. The summed E-state index contributed by atoms with van der Waals surface area (Å²) in [5.74, 6) is 1.62. The third-order valence-corrected chi connectivity index (χ3v) is 2.07. The molecular weight excluding hydrogens is 202 g/mol. The van der Waals surface area contributed by atoms with E-state index in [1.54, 1.807) is 0 Å². The van der Waals surface area contributed by atoms with Crippen molar-refractivity contribution in [2.45, 2.75) is 32.8 Å². The normalized spacial score (nSPS) is 10.5. The molecule has 0 atom stereocenters. The Hall–Kier alpha value is -1.22. The zero-order chi connectivity index (χ0) is 11.8. The van der Waals surface area contributed by atoms with Gasteiger partial charge in [-0.15, -0.1) is 0 Å². The number of para-hydroxylation sites is 2. The standard InChI is InChI=1S/C13H21NO2/c1-11(2)16-13-8-4-3-7-12(13)15-10-6-5-9-14/h3-4,7-8,11H,5-6,9-10,14H2,1-2H3. The Labute approximate surface area is 97.6 Å². The predicted molar refractivity (Wildman–Crippen MR) is 66.0 cm³/mol. The lowest BCUT2D eigenvalue weighted by Crippen LogP contribution is -2.08. The summed E-state index contributed by atoms with van der Waals surface area (Å²) in [5.41, 5.74) is 5.42. The first-order valence-corrected chi connectivity index (χ1v) is 5.82.